The number of fused-ring (bicyclic) bond motifs is 1. The van der Waals surface area contributed by atoms with Gasteiger partial charge in [-0.05, 0) is 18.1 Å². The smallest absolute Gasteiger partial charge is 0.145 e. The SMILES string of the molecule is [CH]C1C(=O)Cc2ccccc21. The highest BCUT2D eigenvalue weighted by Gasteiger charge is 2.25. The molecule has 1 atom stereocenters. The fourth-order valence-electron chi connectivity index (χ4n) is 1.47. The van der Waals surface area contributed by atoms with E-state index in [0.29, 0.717) is 6.42 Å². The zero-order valence-electron chi connectivity index (χ0n) is 6.08. The Kier molecular flexibility index (Phi) is 1.31. The standard InChI is InChI=1S/C10H8O/c1-7-9-5-3-2-4-8(9)6-10(7)11/h1-5,7H,6H2. The minimum absolute atomic E-state index is 0.131. The fraction of sp³-hybridized carbons (Fsp3) is 0.200. The molecule has 1 unspecified atom stereocenters. The number of carbonyl (C=O) groups excluding carboxylic acids is 1. The van der Waals surface area contributed by atoms with Gasteiger partial charge in [0, 0.05) is 12.3 Å². The Labute approximate surface area is 66.0 Å². The van der Waals surface area contributed by atoms with Gasteiger partial charge in [0.15, 0.2) is 0 Å². The fourth-order valence-corrected chi connectivity index (χ4v) is 1.47. The Morgan fingerprint density at radius 3 is 2.82 bits per heavy atom. The summed E-state index contributed by atoms with van der Waals surface area (Å²) in [5, 5.41) is 0. The van der Waals surface area contributed by atoms with E-state index in [2.05, 4.69) is 0 Å². The second-order valence-corrected chi connectivity index (χ2v) is 2.82. The predicted molar refractivity (Wildman–Crippen MR) is 42.2 cm³/mol. The molecule has 1 heteroatoms. The van der Waals surface area contributed by atoms with E-state index < -0.39 is 0 Å². The Morgan fingerprint density at radius 2 is 2.09 bits per heavy atom. The van der Waals surface area contributed by atoms with Crippen molar-refractivity contribution >= 4 is 5.78 Å². The van der Waals surface area contributed by atoms with Crippen LogP contribution < -0.4 is 0 Å². The molecular formula is C10H8O. The summed E-state index contributed by atoms with van der Waals surface area (Å²) in [7, 11) is 0. The zero-order valence-corrected chi connectivity index (χ0v) is 6.08. The Balaban J connectivity index is 2.55. The minimum atomic E-state index is -0.369. The first-order chi connectivity index (χ1) is 5.29. The second-order valence-electron chi connectivity index (χ2n) is 2.82. The Hall–Kier alpha value is -1.11. The average Bonchev–Trinajstić information content (AvgIpc) is 2.30. The molecule has 0 amide bonds. The Bertz CT molecular complexity index is 301. The van der Waals surface area contributed by atoms with E-state index in [1.54, 1.807) is 0 Å². The molecule has 0 aliphatic heterocycles. The maximum absolute atomic E-state index is 11.1. The van der Waals surface area contributed by atoms with Crippen LogP contribution in [-0.2, 0) is 11.2 Å². The molecule has 54 valence electrons. The van der Waals surface area contributed by atoms with E-state index in [1.807, 2.05) is 24.3 Å². The van der Waals surface area contributed by atoms with Crippen molar-refractivity contribution in [2.75, 3.05) is 0 Å². The summed E-state index contributed by atoms with van der Waals surface area (Å²) in [6.45, 7) is 5.64. The van der Waals surface area contributed by atoms with E-state index in [0.717, 1.165) is 11.1 Å². The van der Waals surface area contributed by atoms with Crippen LogP contribution >= 0.6 is 0 Å². The van der Waals surface area contributed by atoms with Gasteiger partial charge < -0.3 is 0 Å². The first kappa shape index (κ1) is 6.59. The lowest BCUT2D eigenvalue weighted by atomic mass is 10.0. The minimum Gasteiger partial charge on any atom is -0.299 e. The third kappa shape index (κ3) is 0.881. The van der Waals surface area contributed by atoms with Gasteiger partial charge in [-0.25, -0.2) is 0 Å². The first-order valence-corrected chi connectivity index (χ1v) is 3.65. The van der Waals surface area contributed by atoms with Gasteiger partial charge >= 0.3 is 0 Å². The molecule has 0 saturated heterocycles. The molecule has 0 saturated carbocycles. The zero-order chi connectivity index (χ0) is 7.84. The van der Waals surface area contributed by atoms with Crippen LogP contribution in [0.4, 0.5) is 0 Å². The molecule has 0 aromatic heterocycles. The van der Waals surface area contributed by atoms with Gasteiger partial charge in [0.25, 0.3) is 0 Å². The van der Waals surface area contributed by atoms with Crippen molar-refractivity contribution in [1.29, 1.82) is 0 Å². The lowest BCUT2D eigenvalue weighted by molar-refractivity contribution is -0.118. The van der Waals surface area contributed by atoms with Crippen LogP contribution in [0, 0.1) is 6.92 Å². The number of hydrogen-bond donors (Lipinski definition) is 0. The van der Waals surface area contributed by atoms with Gasteiger partial charge in [0.2, 0.25) is 0 Å². The van der Waals surface area contributed by atoms with Crippen molar-refractivity contribution in [3.63, 3.8) is 0 Å². The van der Waals surface area contributed by atoms with Crippen LogP contribution in [-0.4, -0.2) is 5.78 Å². The number of hydrogen-bond acceptors (Lipinski definition) is 1. The van der Waals surface area contributed by atoms with Crippen LogP contribution in [0.15, 0.2) is 24.3 Å². The number of rotatable bonds is 0. The molecule has 0 fully saturated rings. The molecule has 1 aliphatic rings. The van der Waals surface area contributed by atoms with E-state index in [4.69, 9.17) is 6.92 Å². The molecule has 2 radical (unpaired) electrons. The Morgan fingerprint density at radius 1 is 1.36 bits per heavy atom. The molecule has 0 heterocycles. The van der Waals surface area contributed by atoms with Gasteiger partial charge in [-0.15, -0.1) is 0 Å². The molecule has 1 nitrogen and oxygen atoms in total. The first-order valence-electron chi connectivity index (χ1n) is 3.65. The lowest BCUT2D eigenvalue weighted by Crippen LogP contribution is -2.00. The molecule has 11 heavy (non-hydrogen) atoms. The maximum atomic E-state index is 11.1. The third-order valence-corrected chi connectivity index (χ3v) is 2.10. The van der Waals surface area contributed by atoms with Gasteiger partial charge in [0.1, 0.15) is 5.78 Å². The van der Waals surface area contributed by atoms with Gasteiger partial charge in [-0.1, -0.05) is 24.3 Å². The van der Waals surface area contributed by atoms with Crippen molar-refractivity contribution in [3.8, 4) is 0 Å². The highest BCUT2D eigenvalue weighted by atomic mass is 16.1. The van der Waals surface area contributed by atoms with E-state index >= 15 is 0 Å². The van der Waals surface area contributed by atoms with Crippen molar-refractivity contribution in [3.05, 3.63) is 42.3 Å². The monoisotopic (exact) mass is 144 g/mol. The molecule has 1 aliphatic carbocycles. The topological polar surface area (TPSA) is 17.1 Å². The predicted octanol–water partition coefficient (Wildman–Crippen LogP) is 1.61. The molecular weight excluding hydrogens is 136 g/mol. The van der Waals surface area contributed by atoms with Gasteiger partial charge in [-0.3, -0.25) is 4.79 Å². The van der Waals surface area contributed by atoms with Crippen LogP contribution in [0.2, 0.25) is 0 Å². The van der Waals surface area contributed by atoms with E-state index in [9.17, 15) is 4.79 Å². The van der Waals surface area contributed by atoms with Crippen LogP contribution in [0.25, 0.3) is 0 Å². The molecule has 0 bridgehead atoms. The van der Waals surface area contributed by atoms with Crippen LogP contribution in [0.3, 0.4) is 0 Å². The molecule has 1 aromatic rings. The van der Waals surface area contributed by atoms with Crippen molar-refractivity contribution in [1.82, 2.24) is 0 Å². The summed E-state index contributed by atoms with van der Waals surface area (Å²) in [4.78, 5) is 11.1. The number of carbonyl (C=O) groups is 1. The third-order valence-electron chi connectivity index (χ3n) is 2.10. The largest absolute Gasteiger partial charge is 0.299 e. The van der Waals surface area contributed by atoms with Crippen molar-refractivity contribution in [2.24, 2.45) is 0 Å². The summed E-state index contributed by atoms with van der Waals surface area (Å²) in [5.41, 5.74) is 2.09. The molecule has 2 rings (SSSR count). The summed E-state index contributed by atoms with van der Waals surface area (Å²) in [5.74, 6) is -0.239. The van der Waals surface area contributed by atoms with Crippen LogP contribution in [0.5, 0.6) is 0 Å². The summed E-state index contributed by atoms with van der Waals surface area (Å²) in [6.07, 6.45) is 0.511. The van der Waals surface area contributed by atoms with Gasteiger partial charge in [0.05, 0.1) is 0 Å². The second kappa shape index (κ2) is 2.19. The van der Waals surface area contributed by atoms with Gasteiger partial charge in [-0.2, -0.15) is 0 Å². The molecule has 0 N–H and O–H groups in total. The normalized spacial score (nSPS) is 21.9. The summed E-state index contributed by atoms with van der Waals surface area (Å²) >= 11 is 0. The average molecular weight is 144 g/mol. The van der Waals surface area contributed by atoms with E-state index in [1.165, 1.54) is 0 Å². The molecule has 0 spiro atoms. The van der Waals surface area contributed by atoms with E-state index in [-0.39, 0.29) is 11.7 Å². The number of ketones is 1. The summed E-state index contributed by atoms with van der Waals surface area (Å²) in [6, 6.07) is 7.73. The van der Waals surface area contributed by atoms with Crippen LogP contribution in [0.1, 0.15) is 17.0 Å². The maximum Gasteiger partial charge on any atom is 0.145 e. The number of Topliss-reactive ketones (excluding diaryl/α,β-unsaturated/α-hetero) is 1. The molecule has 1 aromatic carbocycles. The number of benzene rings is 1. The lowest BCUT2D eigenvalue weighted by Gasteiger charge is -1.99. The van der Waals surface area contributed by atoms with Crippen molar-refractivity contribution in [2.45, 2.75) is 12.3 Å². The quantitative estimate of drug-likeness (QED) is 0.540. The highest BCUT2D eigenvalue weighted by Crippen LogP contribution is 2.28. The highest BCUT2D eigenvalue weighted by molar-refractivity contribution is 5.93. The summed E-state index contributed by atoms with van der Waals surface area (Å²) < 4.78 is 0. The van der Waals surface area contributed by atoms with Crippen molar-refractivity contribution < 1.29 is 4.79 Å².